The van der Waals surface area contributed by atoms with Gasteiger partial charge in [0.05, 0.1) is 5.69 Å². The first-order valence-corrected chi connectivity index (χ1v) is 6.49. The summed E-state index contributed by atoms with van der Waals surface area (Å²) in [6.07, 6.45) is 2.27. The molecule has 1 fully saturated rings. The van der Waals surface area contributed by atoms with Crippen molar-refractivity contribution in [3.05, 3.63) is 22.3 Å². The summed E-state index contributed by atoms with van der Waals surface area (Å²) in [6.45, 7) is 4.25. The van der Waals surface area contributed by atoms with Crippen molar-refractivity contribution in [3.63, 3.8) is 0 Å². The Morgan fingerprint density at radius 2 is 2.38 bits per heavy atom. The third-order valence-electron chi connectivity index (χ3n) is 3.11. The summed E-state index contributed by atoms with van der Waals surface area (Å²) in [5.41, 5.74) is 1.02. The zero-order valence-corrected chi connectivity index (χ0v) is 11.1. The number of piperidine rings is 1. The van der Waals surface area contributed by atoms with Crippen molar-refractivity contribution in [3.8, 4) is 0 Å². The van der Waals surface area contributed by atoms with Crippen molar-refractivity contribution in [2.45, 2.75) is 19.8 Å². The summed E-state index contributed by atoms with van der Waals surface area (Å²) in [7, 11) is 0. The van der Waals surface area contributed by atoms with Crippen LogP contribution in [0.3, 0.4) is 0 Å². The van der Waals surface area contributed by atoms with Gasteiger partial charge in [-0.1, -0.05) is 0 Å². The normalized spacial score (nSPS) is 21.2. The standard InChI is InChI=1S/C12H17BrN2O/c1-9-11(13)4-5-12(14-9)15-6-2-3-10(7-15)8-16/h4-5,10,16H,2-3,6-8H2,1H3. The summed E-state index contributed by atoms with van der Waals surface area (Å²) in [4.78, 5) is 6.83. The highest BCUT2D eigenvalue weighted by Crippen LogP contribution is 2.24. The van der Waals surface area contributed by atoms with Gasteiger partial charge in [0.25, 0.3) is 0 Å². The van der Waals surface area contributed by atoms with Crippen LogP contribution in [0.25, 0.3) is 0 Å². The van der Waals surface area contributed by atoms with E-state index in [1.807, 2.05) is 19.1 Å². The second-order valence-corrected chi connectivity index (χ2v) is 5.23. The number of nitrogens with zero attached hydrogens (tertiary/aromatic N) is 2. The van der Waals surface area contributed by atoms with Crippen LogP contribution in [0.2, 0.25) is 0 Å². The molecule has 3 nitrogen and oxygen atoms in total. The number of hydrogen-bond donors (Lipinski definition) is 1. The average Bonchev–Trinajstić information content (AvgIpc) is 2.33. The molecule has 2 heterocycles. The fraction of sp³-hybridized carbons (Fsp3) is 0.583. The van der Waals surface area contributed by atoms with Crippen LogP contribution in [0.4, 0.5) is 5.82 Å². The van der Waals surface area contributed by atoms with E-state index in [1.165, 1.54) is 0 Å². The maximum atomic E-state index is 9.20. The van der Waals surface area contributed by atoms with Gasteiger partial charge < -0.3 is 10.0 Å². The van der Waals surface area contributed by atoms with Crippen molar-refractivity contribution in [1.29, 1.82) is 0 Å². The van der Waals surface area contributed by atoms with Gasteiger partial charge in [-0.15, -0.1) is 0 Å². The molecule has 1 aromatic heterocycles. The lowest BCUT2D eigenvalue weighted by Gasteiger charge is -2.32. The Morgan fingerprint density at radius 3 is 3.06 bits per heavy atom. The second kappa shape index (κ2) is 5.15. The molecule has 0 radical (unpaired) electrons. The number of halogens is 1. The van der Waals surface area contributed by atoms with Gasteiger partial charge in [0, 0.05) is 24.2 Å². The zero-order valence-electron chi connectivity index (χ0n) is 9.49. The Kier molecular flexibility index (Phi) is 3.82. The summed E-state index contributed by atoms with van der Waals surface area (Å²) < 4.78 is 1.05. The molecule has 0 saturated carbocycles. The minimum absolute atomic E-state index is 0.284. The maximum Gasteiger partial charge on any atom is 0.128 e. The molecule has 0 aliphatic carbocycles. The summed E-state index contributed by atoms with van der Waals surface area (Å²) in [5, 5.41) is 9.20. The summed E-state index contributed by atoms with van der Waals surface area (Å²) >= 11 is 3.46. The molecule has 1 N–H and O–H groups in total. The van der Waals surface area contributed by atoms with E-state index in [2.05, 4.69) is 25.8 Å². The number of hydrogen-bond acceptors (Lipinski definition) is 3. The molecule has 1 aliphatic rings. The first-order valence-electron chi connectivity index (χ1n) is 5.69. The fourth-order valence-corrected chi connectivity index (χ4v) is 2.35. The Labute approximate surface area is 105 Å². The van der Waals surface area contributed by atoms with Crippen LogP contribution in [0.1, 0.15) is 18.5 Å². The van der Waals surface area contributed by atoms with E-state index in [0.29, 0.717) is 5.92 Å². The van der Waals surface area contributed by atoms with E-state index >= 15 is 0 Å². The molecule has 1 unspecified atom stereocenters. The van der Waals surface area contributed by atoms with Gasteiger partial charge >= 0.3 is 0 Å². The Balaban J connectivity index is 2.13. The number of pyridine rings is 1. The molecular formula is C12H17BrN2O. The van der Waals surface area contributed by atoms with Crippen molar-refractivity contribution >= 4 is 21.7 Å². The summed E-state index contributed by atoms with van der Waals surface area (Å²) in [5.74, 6) is 1.43. The smallest absolute Gasteiger partial charge is 0.128 e. The number of aromatic nitrogens is 1. The van der Waals surface area contributed by atoms with Crippen molar-refractivity contribution < 1.29 is 5.11 Å². The lowest BCUT2D eigenvalue weighted by Crippen LogP contribution is -2.37. The molecule has 4 heteroatoms. The van der Waals surface area contributed by atoms with Gasteiger partial charge in [-0.2, -0.15) is 0 Å². The Bertz CT molecular complexity index is 370. The van der Waals surface area contributed by atoms with Gasteiger partial charge in [-0.25, -0.2) is 4.98 Å². The van der Waals surface area contributed by atoms with Gasteiger partial charge in [0.15, 0.2) is 0 Å². The Hall–Kier alpha value is -0.610. The first kappa shape index (κ1) is 11.9. The molecule has 0 aromatic carbocycles. The van der Waals surface area contributed by atoms with Crippen molar-refractivity contribution in [1.82, 2.24) is 4.98 Å². The van der Waals surface area contributed by atoms with Crippen LogP contribution in [-0.4, -0.2) is 29.8 Å². The molecular weight excluding hydrogens is 268 g/mol. The van der Waals surface area contributed by atoms with Gasteiger partial charge in [0.1, 0.15) is 5.82 Å². The number of aliphatic hydroxyl groups excluding tert-OH is 1. The van der Waals surface area contributed by atoms with Crippen LogP contribution >= 0.6 is 15.9 Å². The lowest BCUT2D eigenvalue weighted by atomic mass is 9.99. The first-order chi connectivity index (χ1) is 7.70. The highest BCUT2D eigenvalue weighted by Gasteiger charge is 2.20. The third kappa shape index (κ3) is 2.55. The minimum atomic E-state index is 0.284. The van der Waals surface area contributed by atoms with Gasteiger partial charge in [-0.05, 0) is 53.7 Å². The highest BCUT2D eigenvalue weighted by atomic mass is 79.9. The molecule has 1 aliphatic heterocycles. The van der Waals surface area contributed by atoms with Gasteiger partial charge in [-0.3, -0.25) is 0 Å². The van der Waals surface area contributed by atoms with E-state index in [9.17, 15) is 5.11 Å². The number of aliphatic hydroxyl groups is 1. The second-order valence-electron chi connectivity index (χ2n) is 4.37. The topological polar surface area (TPSA) is 36.4 Å². The maximum absolute atomic E-state index is 9.20. The minimum Gasteiger partial charge on any atom is -0.396 e. The third-order valence-corrected chi connectivity index (χ3v) is 3.95. The average molecular weight is 285 g/mol. The van der Waals surface area contributed by atoms with Gasteiger partial charge in [0.2, 0.25) is 0 Å². The molecule has 2 rings (SSSR count). The molecule has 1 saturated heterocycles. The predicted octanol–water partition coefficient (Wildman–Crippen LogP) is 2.36. The molecule has 88 valence electrons. The van der Waals surface area contributed by atoms with Crippen LogP contribution < -0.4 is 4.90 Å². The number of aryl methyl sites for hydroxylation is 1. The highest BCUT2D eigenvalue weighted by molar-refractivity contribution is 9.10. The molecule has 1 atom stereocenters. The molecule has 1 aromatic rings. The molecule has 16 heavy (non-hydrogen) atoms. The quantitative estimate of drug-likeness (QED) is 0.906. The van der Waals surface area contributed by atoms with Crippen molar-refractivity contribution in [2.75, 3.05) is 24.6 Å². The van der Waals surface area contributed by atoms with Crippen LogP contribution in [0.5, 0.6) is 0 Å². The Morgan fingerprint density at radius 1 is 1.56 bits per heavy atom. The van der Waals surface area contributed by atoms with Crippen LogP contribution in [0, 0.1) is 12.8 Å². The van der Waals surface area contributed by atoms with E-state index in [4.69, 9.17) is 0 Å². The number of anilines is 1. The zero-order chi connectivity index (χ0) is 11.5. The van der Waals surface area contributed by atoms with Crippen LogP contribution in [-0.2, 0) is 0 Å². The molecule has 0 spiro atoms. The molecule has 0 amide bonds. The SMILES string of the molecule is Cc1nc(N2CCCC(CO)C2)ccc1Br. The van der Waals surface area contributed by atoms with E-state index in [-0.39, 0.29) is 6.61 Å². The van der Waals surface area contributed by atoms with Crippen LogP contribution in [0.15, 0.2) is 16.6 Å². The van der Waals surface area contributed by atoms with E-state index < -0.39 is 0 Å². The van der Waals surface area contributed by atoms with Crippen molar-refractivity contribution in [2.24, 2.45) is 5.92 Å². The summed E-state index contributed by atoms with van der Waals surface area (Å²) in [6, 6.07) is 4.08. The monoisotopic (exact) mass is 284 g/mol. The van der Waals surface area contributed by atoms with E-state index in [1.54, 1.807) is 0 Å². The lowest BCUT2D eigenvalue weighted by molar-refractivity contribution is 0.208. The molecule has 0 bridgehead atoms. The fourth-order valence-electron chi connectivity index (χ4n) is 2.13. The largest absolute Gasteiger partial charge is 0.396 e. The number of rotatable bonds is 2. The van der Waals surface area contributed by atoms with E-state index in [0.717, 1.165) is 41.9 Å². The predicted molar refractivity (Wildman–Crippen MR) is 68.7 cm³/mol.